The van der Waals surface area contributed by atoms with Crippen molar-refractivity contribution in [1.29, 1.82) is 0 Å². The van der Waals surface area contributed by atoms with Crippen LogP contribution in [0.4, 0.5) is 10.1 Å². The Morgan fingerprint density at radius 3 is 2.76 bits per heavy atom. The van der Waals surface area contributed by atoms with Gasteiger partial charge in [-0.05, 0) is 37.7 Å². The number of carbonyl (C=O) groups is 1. The zero-order valence-electron chi connectivity index (χ0n) is 12.7. The monoisotopic (exact) mass is 310 g/mol. The van der Waals surface area contributed by atoms with Crippen molar-refractivity contribution < 1.29 is 9.18 Å². The molecule has 5 heteroatoms. The van der Waals surface area contributed by atoms with E-state index in [1.807, 2.05) is 18.7 Å². The van der Waals surface area contributed by atoms with Crippen LogP contribution in [0.1, 0.15) is 43.0 Å². The van der Waals surface area contributed by atoms with Crippen molar-refractivity contribution >= 4 is 23.4 Å². The van der Waals surface area contributed by atoms with Gasteiger partial charge in [0, 0.05) is 17.8 Å². The van der Waals surface area contributed by atoms with Crippen LogP contribution in [0, 0.1) is 5.82 Å². The molecule has 1 aliphatic carbocycles. The average molecular weight is 310 g/mol. The molecule has 0 unspecified atom stereocenters. The first kappa shape index (κ1) is 16.1. The lowest BCUT2D eigenvalue weighted by molar-refractivity contribution is 0.0944. The predicted molar refractivity (Wildman–Crippen MR) is 87.6 cm³/mol. The Labute approximate surface area is 130 Å². The molecule has 1 aromatic carbocycles. The van der Waals surface area contributed by atoms with Crippen molar-refractivity contribution in [2.24, 2.45) is 0 Å². The summed E-state index contributed by atoms with van der Waals surface area (Å²) in [5, 5.41) is 5.98. The van der Waals surface area contributed by atoms with E-state index in [4.69, 9.17) is 0 Å². The lowest BCUT2D eigenvalue weighted by Crippen LogP contribution is -2.45. The highest BCUT2D eigenvalue weighted by atomic mass is 32.2. The molecule has 0 spiro atoms. The summed E-state index contributed by atoms with van der Waals surface area (Å²) >= 11 is 1.81. The van der Waals surface area contributed by atoms with Gasteiger partial charge in [-0.25, -0.2) is 4.39 Å². The fraction of sp³-hybridized carbons (Fsp3) is 0.562. The Morgan fingerprint density at radius 1 is 1.43 bits per heavy atom. The second-order valence-electron chi connectivity index (χ2n) is 5.51. The molecule has 0 saturated heterocycles. The third kappa shape index (κ3) is 3.70. The quantitative estimate of drug-likeness (QED) is 0.807. The van der Waals surface area contributed by atoms with Gasteiger partial charge in [0.1, 0.15) is 5.82 Å². The first-order valence-electron chi connectivity index (χ1n) is 7.47. The van der Waals surface area contributed by atoms with E-state index >= 15 is 0 Å². The second-order valence-corrected chi connectivity index (χ2v) is 6.79. The molecule has 0 aromatic heterocycles. The van der Waals surface area contributed by atoms with Crippen molar-refractivity contribution in [1.82, 2.24) is 5.32 Å². The standard InChI is InChI=1S/C16H23FN2OS/c1-3-10-18-14-12(6-4-7-13(14)17)15(20)19-11-16(21-2)8-5-9-16/h4,6-7,18H,3,5,8-11H2,1-2H3,(H,19,20). The maximum atomic E-state index is 13.9. The van der Waals surface area contributed by atoms with Crippen molar-refractivity contribution in [2.75, 3.05) is 24.7 Å². The second kappa shape index (κ2) is 7.16. The third-order valence-corrected chi connectivity index (χ3v) is 5.50. The number of para-hydroxylation sites is 1. The fourth-order valence-corrected chi connectivity index (χ4v) is 3.42. The number of halogens is 1. The number of nitrogens with one attached hydrogen (secondary N) is 2. The molecule has 116 valence electrons. The van der Waals surface area contributed by atoms with Gasteiger partial charge >= 0.3 is 0 Å². The van der Waals surface area contributed by atoms with E-state index in [-0.39, 0.29) is 16.5 Å². The Hall–Kier alpha value is -1.23. The van der Waals surface area contributed by atoms with E-state index in [1.54, 1.807) is 12.1 Å². The maximum Gasteiger partial charge on any atom is 0.253 e. The zero-order chi connectivity index (χ0) is 15.3. The van der Waals surface area contributed by atoms with Crippen LogP contribution in [-0.2, 0) is 0 Å². The Balaban J connectivity index is 2.06. The maximum absolute atomic E-state index is 13.9. The molecular formula is C16H23FN2OS. The summed E-state index contributed by atoms with van der Waals surface area (Å²) in [5.74, 6) is -0.576. The van der Waals surface area contributed by atoms with E-state index < -0.39 is 0 Å². The predicted octanol–water partition coefficient (Wildman–Crippen LogP) is 3.66. The van der Waals surface area contributed by atoms with E-state index in [0.717, 1.165) is 19.3 Å². The Morgan fingerprint density at radius 2 is 2.19 bits per heavy atom. The summed E-state index contributed by atoms with van der Waals surface area (Å²) in [6.07, 6.45) is 6.46. The number of carbonyl (C=O) groups excluding carboxylic acids is 1. The van der Waals surface area contributed by atoms with Crippen LogP contribution in [-0.4, -0.2) is 30.0 Å². The van der Waals surface area contributed by atoms with E-state index in [1.165, 1.54) is 12.5 Å². The molecule has 0 heterocycles. The molecule has 3 nitrogen and oxygen atoms in total. The number of amides is 1. The van der Waals surface area contributed by atoms with Gasteiger partial charge in [0.05, 0.1) is 11.3 Å². The van der Waals surface area contributed by atoms with Crippen LogP contribution in [0.5, 0.6) is 0 Å². The number of hydrogen-bond donors (Lipinski definition) is 2. The normalized spacial score (nSPS) is 16.1. The van der Waals surface area contributed by atoms with Crippen LogP contribution in [0.15, 0.2) is 18.2 Å². The van der Waals surface area contributed by atoms with Gasteiger partial charge in [-0.15, -0.1) is 0 Å². The molecule has 0 bridgehead atoms. The fourth-order valence-electron chi connectivity index (χ4n) is 2.50. The summed E-state index contributed by atoms with van der Waals surface area (Å²) in [5.41, 5.74) is 0.697. The minimum atomic E-state index is -0.376. The van der Waals surface area contributed by atoms with E-state index in [0.29, 0.717) is 24.3 Å². The van der Waals surface area contributed by atoms with Crippen molar-refractivity contribution in [3.8, 4) is 0 Å². The van der Waals surface area contributed by atoms with Gasteiger partial charge in [0.25, 0.3) is 5.91 Å². The number of thioether (sulfide) groups is 1. The van der Waals surface area contributed by atoms with Gasteiger partial charge in [0.15, 0.2) is 0 Å². The summed E-state index contributed by atoms with van der Waals surface area (Å²) in [6.45, 7) is 3.30. The minimum Gasteiger partial charge on any atom is -0.382 e. The van der Waals surface area contributed by atoms with Gasteiger partial charge in [0.2, 0.25) is 0 Å². The van der Waals surface area contributed by atoms with Gasteiger partial charge in [-0.3, -0.25) is 4.79 Å². The Kier molecular flexibility index (Phi) is 5.51. The SMILES string of the molecule is CCCNc1c(F)cccc1C(=O)NCC1(SC)CCC1. The van der Waals surface area contributed by atoms with Crippen LogP contribution >= 0.6 is 11.8 Å². The van der Waals surface area contributed by atoms with Crippen LogP contribution in [0.3, 0.4) is 0 Å². The highest BCUT2D eigenvalue weighted by Gasteiger charge is 2.36. The molecule has 0 aliphatic heterocycles. The van der Waals surface area contributed by atoms with E-state index in [9.17, 15) is 9.18 Å². The minimum absolute atomic E-state index is 0.181. The molecule has 2 rings (SSSR count). The number of rotatable bonds is 7. The molecule has 1 saturated carbocycles. The smallest absolute Gasteiger partial charge is 0.253 e. The highest BCUT2D eigenvalue weighted by Crippen LogP contribution is 2.42. The molecule has 1 fully saturated rings. The molecule has 2 N–H and O–H groups in total. The zero-order valence-corrected chi connectivity index (χ0v) is 13.5. The van der Waals surface area contributed by atoms with E-state index in [2.05, 4.69) is 16.9 Å². The lowest BCUT2D eigenvalue weighted by atomic mass is 9.84. The molecular weight excluding hydrogens is 287 g/mol. The van der Waals surface area contributed by atoms with Crippen molar-refractivity contribution in [3.63, 3.8) is 0 Å². The highest BCUT2D eigenvalue weighted by molar-refractivity contribution is 8.00. The van der Waals surface area contributed by atoms with Crippen molar-refractivity contribution in [2.45, 2.75) is 37.4 Å². The number of benzene rings is 1. The van der Waals surface area contributed by atoms with Crippen LogP contribution in [0.2, 0.25) is 0 Å². The average Bonchev–Trinajstić information content (AvgIpc) is 2.45. The van der Waals surface area contributed by atoms with Crippen LogP contribution < -0.4 is 10.6 Å². The summed E-state index contributed by atoms with van der Waals surface area (Å²) in [7, 11) is 0. The number of hydrogen-bond acceptors (Lipinski definition) is 3. The number of anilines is 1. The lowest BCUT2D eigenvalue weighted by Gasteiger charge is -2.40. The van der Waals surface area contributed by atoms with Gasteiger partial charge < -0.3 is 10.6 Å². The first-order chi connectivity index (χ1) is 10.1. The molecule has 1 aliphatic rings. The Bertz CT molecular complexity index is 498. The molecule has 21 heavy (non-hydrogen) atoms. The molecule has 0 atom stereocenters. The topological polar surface area (TPSA) is 41.1 Å². The van der Waals surface area contributed by atoms with Gasteiger partial charge in [-0.2, -0.15) is 11.8 Å². The van der Waals surface area contributed by atoms with Crippen molar-refractivity contribution in [3.05, 3.63) is 29.6 Å². The molecule has 0 radical (unpaired) electrons. The first-order valence-corrected chi connectivity index (χ1v) is 8.70. The summed E-state index contributed by atoms with van der Waals surface area (Å²) in [6, 6.07) is 4.63. The summed E-state index contributed by atoms with van der Waals surface area (Å²) < 4.78 is 14.1. The summed E-state index contributed by atoms with van der Waals surface area (Å²) in [4.78, 5) is 12.4. The van der Waals surface area contributed by atoms with Gasteiger partial charge in [-0.1, -0.05) is 19.4 Å². The molecule has 1 amide bonds. The third-order valence-electron chi connectivity index (χ3n) is 4.08. The van der Waals surface area contributed by atoms with Crippen LogP contribution in [0.25, 0.3) is 0 Å². The molecule has 1 aromatic rings. The largest absolute Gasteiger partial charge is 0.382 e.